The van der Waals surface area contributed by atoms with Gasteiger partial charge in [-0.2, -0.15) is 0 Å². The molecule has 0 saturated heterocycles. The van der Waals surface area contributed by atoms with Gasteiger partial charge in [0.1, 0.15) is 0 Å². The lowest BCUT2D eigenvalue weighted by molar-refractivity contribution is 0.0903. The summed E-state index contributed by atoms with van der Waals surface area (Å²) in [7, 11) is 0. The number of rotatable bonds is 7. The molecule has 1 aromatic carbocycles. The van der Waals surface area contributed by atoms with E-state index in [1.54, 1.807) is 0 Å². The third-order valence-electron chi connectivity index (χ3n) is 3.64. The first-order valence-corrected chi connectivity index (χ1v) is 7.73. The van der Waals surface area contributed by atoms with Gasteiger partial charge >= 0.3 is 0 Å². The number of nitrogens with one attached hydrogen (secondary N) is 1. The number of hydrogen-bond acceptors (Lipinski definition) is 3. The summed E-state index contributed by atoms with van der Waals surface area (Å²) in [6, 6.07) is 6.92. The lowest BCUT2D eigenvalue weighted by atomic mass is 10.0. The van der Waals surface area contributed by atoms with E-state index in [1.807, 2.05) is 0 Å². The van der Waals surface area contributed by atoms with Gasteiger partial charge in [0, 0.05) is 17.1 Å². The lowest BCUT2D eigenvalue weighted by Gasteiger charge is -2.14. The van der Waals surface area contributed by atoms with Crippen molar-refractivity contribution in [2.75, 3.05) is 26.4 Å². The smallest absolute Gasteiger partial charge is 0.0697 e. The predicted octanol–water partition coefficient (Wildman–Crippen LogP) is 2.99. The highest BCUT2D eigenvalue weighted by atomic mass is 79.9. The van der Waals surface area contributed by atoms with E-state index in [9.17, 15) is 0 Å². The summed E-state index contributed by atoms with van der Waals surface area (Å²) in [5.41, 5.74) is 2.88. The molecule has 2 unspecified atom stereocenters. The maximum atomic E-state index is 8.61. The molecule has 19 heavy (non-hydrogen) atoms. The Hall–Kier alpha value is -0.420. The highest BCUT2D eigenvalue weighted by Gasteiger charge is 2.28. The van der Waals surface area contributed by atoms with Crippen LogP contribution in [0, 0.1) is 0 Å². The van der Waals surface area contributed by atoms with E-state index in [-0.39, 0.29) is 6.61 Å². The highest BCUT2D eigenvalue weighted by molar-refractivity contribution is 9.10. The molecule has 1 aliphatic carbocycles. The summed E-state index contributed by atoms with van der Waals surface area (Å²) in [4.78, 5) is 0. The van der Waals surface area contributed by atoms with Crippen LogP contribution in [0.4, 0.5) is 0 Å². The largest absolute Gasteiger partial charge is 0.394 e. The summed E-state index contributed by atoms with van der Waals surface area (Å²) in [6.07, 6.45) is 2.14. The van der Waals surface area contributed by atoms with Gasteiger partial charge < -0.3 is 15.2 Å². The molecule has 2 N–H and O–H groups in total. The van der Waals surface area contributed by atoms with Crippen LogP contribution in [0.2, 0.25) is 0 Å². The van der Waals surface area contributed by atoms with Crippen molar-refractivity contribution >= 4 is 15.9 Å². The topological polar surface area (TPSA) is 41.5 Å². The van der Waals surface area contributed by atoms with Gasteiger partial charge in [-0.3, -0.25) is 0 Å². The van der Waals surface area contributed by atoms with Crippen LogP contribution in [0.5, 0.6) is 0 Å². The van der Waals surface area contributed by atoms with Gasteiger partial charge in [0.05, 0.1) is 13.2 Å². The van der Waals surface area contributed by atoms with E-state index in [2.05, 4.69) is 46.4 Å². The van der Waals surface area contributed by atoms with Crippen molar-refractivity contribution in [1.82, 2.24) is 5.32 Å². The van der Waals surface area contributed by atoms with E-state index in [0.29, 0.717) is 25.2 Å². The maximum absolute atomic E-state index is 8.61. The van der Waals surface area contributed by atoms with Crippen LogP contribution >= 0.6 is 15.9 Å². The number of aliphatic hydroxyl groups excluding tert-OH is 1. The third kappa shape index (κ3) is 3.78. The fraction of sp³-hybridized carbons (Fsp3) is 0.600. The number of fused-ring (bicyclic) bond motifs is 1. The first-order chi connectivity index (χ1) is 9.24. The zero-order chi connectivity index (χ0) is 13.7. The molecule has 0 aromatic heterocycles. The highest BCUT2D eigenvalue weighted by Crippen LogP contribution is 2.43. The Balaban J connectivity index is 1.82. The van der Waals surface area contributed by atoms with Crippen LogP contribution in [-0.4, -0.2) is 31.5 Å². The minimum atomic E-state index is 0.106. The molecule has 1 aromatic rings. The van der Waals surface area contributed by atoms with Crippen molar-refractivity contribution in [3.05, 3.63) is 33.8 Å². The average molecular weight is 328 g/mol. The average Bonchev–Trinajstić information content (AvgIpc) is 2.72. The second-order valence-corrected chi connectivity index (χ2v) is 5.93. The Morgan fingerprint density at radius 2 is 2.26 bits per heavy atom. The fourth-order valence-electron chi connectivity index (χ4n) is 2.79. The van der Waals surface area contributed by atoms with Crippen LogP contribution in [0.3, 0.4) is 0 Å². The Morgan fingerprint density at radius 3 is 3.05 bits per heavy atom. The van der Waals surface area contributed by atoms with Crippen molar-refractivity contribution in [2.24, 2.45) is 0 Å². The molecule has 0 amide bonds. The summed E-state index contributed by atoms with van der Waals surface area (Å²) in [5.74, 6) is 0.605. The van der Waals surface area contributed by atoms with Crippen molar-refractivity contribution in [1.29, 1.82) is 0 Å². The first-order valence-electron chi connectivity index (χ1n) is 6.94. The van der Waals surface area contributed by atoms with Crippen LogP contribution in [0.15, 0.2) is 22.7 Å². The minimum Gasteiger partial charge on any atom is -0.394 e. The van der Waals surface area contributed by atoms with Crippen molar-refractivity contribution < 1.29 is 9.84 Å². The SMILES string of the molecule is CC1CC(NCCCOCCO)c2cccc(Br)c21. The quantitative estimate of drug-likeness (QED) is 0.756. The minimum absolute atomic E-state index is 0.106. The van der Waals surface area contributed by atoms with Crippen molar-refractivity contribution in [3.8, 4) is 0 Å². The fourth-order valence-corrected chi connectivity index (χ4v) is 3.56. The number of ether oxygens (including phenoxy) is 1. The number of aliphatic hydroxyl groups is 1. The molecule has 2 rings (SSSR count). The van der Waals surface area contributed by atoms with E-state index in [0.717, 1.165) is 19.4 Å². The first kappa shape index (κ1) is 15.0. The maximum Gasteiger partial charge on any atom is 0.0697 e. The van der Waals surface area contributed by atoms with Crippen LogP contribution in [0.25, 0.3) is 0 Å². The van der Waals surface area contributed by atoms with E-state index < -0.39 is 0 Å². The Labute approximate surface area is 123 Å². The number of benzene rings is 1. The summed E-state index contributed by atoms with van der Waals surface area (Å²) < 4.78 is 6.49. The van der Waals surface area contributed by atoms with Gasteiger partial charge in [0.25, 0.3) is 0 Å². The molecular weight excluding hydrogens is 306 g/mol. The number of hydrogen-bond donors (Lipinski definition) is 2. The van der Waals surface area contributed by atoms with E-state index in [1.165, 1.54) is 15.6 Å². The second kappa shape index (κ2) is 7.39. The Kier molecular flexibility index (Phi) is 5.82. The molecule has 1 aliphatic rings. The summed E-state index contributed by atoms with van der Waals surface area (Å²) >= 11 is 3.65. The van der Waals surface area contributed by atoms with Crippen LogP contribution in [0.1, 0.15) is 42.9 Å². The molecule has 0 aliphatic heterocycles. The normalized spacial score (nSPS) is 21.6. The summed E-state index contributed by atoms with van der Waals surface area (Å²) in [6.45, 7) is 4.50. The molecule has 3 nitrogen and oxygen atoms in total. The van der Waals surface area contributed by atoms with Gasteiger partial charge in [0.2, 0.25) is 0 Å². The van der Waals surface area contributed by atoms with Crippen LogP contribution < -0.4 is 5.32 Å². The predicted molar refractivity (Wildman–Crippen MR) is 80.4 cm³/mol. The summed E-state index contributed by atoms with van der Waals surface area (Å²) in [5, 5.41) is 12.2. The standard InChI is InChI=1S/C15H22BrNO2/c1-11-10-14(17-6-3-8-19-9-7-18)12-4-2-5-13(16)15(11)12/h2,4-5,11,14,17-18H,3,6-10H2,1H3. The molecular formula is C15H22BrNO2. The van der Waals surface area contributed by atoms with Gasteiger partial charge in [0.15, 0.2) is 0 Å². The van der Waals surface area contributed by atoms with Crippen molar-refractivity contribution in [2.45, 2.75) is 31.7 Å². The van der Waals surface area contributed by atoms with Gasteiger partial charge in [-0.25, -0.2) is 0 Å². The molecule has 0 heterocycles. The molecule has 2 atom stereocenters. The third-order valence-corrected chi connectivity index (χ3v) is 4.33. The molecule has 0 saturated carbocycles. The zero-order valence-electron chi connectivity index (χ0n) is 11.4. The monoisotopic (exact) mass is 327 g/mol. The van der Waals surface area contributed by atoms with Gasteiger partial charge in [-0.15, -0.1) is 0 Å². The lowest BCUT2D eigenvalue weighted by Crippen LogP contribution is -2.21. The van der Waals surface area contributed by atoms with Gasteiger partial charge in [-0.05, 0) is 42.5 Å². The number of halogens is 1. The van der Waals surface area contributed by atoms with E-state index >= 15 is 0 Å². The van der Waals surface area contributed by atoms with Gasteiger partial charge in [-0.1, -0.05) is 35.0 Å². The zero-order valence-corrected chi connectivity index (χ0v) is 12.9. The molecule has 0 bridgehead atoms. The molecule has 0 spiro atoms. The Bertz CT molecular complexity index is 411. The van der Waals surface area contributed by atoms with E-state index in [4.69, 9.17) is 9.84 Å². The molecule has 0 radical (unpaired) electrons. The van der Waals surface area contributed by atoms with Crippen molar-refractivity contribution in [3.63, 3.8) is 0 Å². The molecule has 0 fully saturated rings. The molecule has 106 valence electrons. The second-order valence-electron chi connectivity index (χ2n) is 5.08. The Morgan fingerprint density at radius 1 is 1.42 bits per heavy atom. The molecule has 4 heteroatoms. The van der Waals surface area contributed by atoms with Crippen LogP contribution in [-0.2, 0) is 4.74 Å².